The van der Waals surface area contributed by atoms with Gasteiger partial charge in [-0.05, 0) is 37.1 Å². The van der Waals surface area contributed by atoms with Crippen molar-refractivity contribution >= 4 is 21.8 Å². The Labute approximate surface area is 109 Å². The molecule has 1 aromatic rings. The van der Waals surface area contributed by atoms with Gasteiger partial charge < -0.3 is 15.2 Å². The largest absolute Gasteiger partial charge is 0.484 e. The number of aliphatic hydroxyl groups is 1. The summed E-state index contributed by atoms with van der Waals surface area (Å²) in [6.07, 6.45) is 0. The van der Waals surface area contributed by atoms with E-state index in [2.05, 4.69) is 21.2 Å². The molecule has 0 spiro atoms. The number of carbonyl (C=O) groups is 1. The molecule has 0 aliphatic carbocycles. The lowest BCUT2D eigenvalue weighted by atomic mass is 10.1. The number of aliphatic hydroxyl groups excluding tert-OH is 1. The van der Waals surface area contributed by atoms with E-state index in [4.69, 9.17) is 9.84 Å². The first-order valence-corrected chi connectivity index (χ1v) is 6.11. The van der Waals surface area contributed by atoms with Crippen LogP contribution in [0.1, 0.15) is 11.1 Å². The van der Waals surface area contributed by atoms with E-state index >= 15 is 0 Å². The molecule has 0 bridgehead atoms. The molecule has 0 radical (unpaired) electrons. The molecule has 0 saturated heterocycles. The summed E-state index contributed by atoms with van der Waals surface area (Å²) in [5.41, 5.74) is 2.13. The van der Waals surface area contributed by atoms with Gasteiger partial charge in [-0.25, -0.2) is 0 Å². The smallest absolute Gasteiger partial charge is 0.258 e. The number of ether oxygens (including phenoxy) is 1. The van der Waals surface area contributed by atoms with Crippen LogP contribution in [0.3, 0.4) is 0 Å². The molecule has 5 heteroatoms. The van der Waals surface area contributed by atoms with Crippen LogP contribution in [0.15, 0.2) is 16.6 Å². The lowest BCUT2D eigenvalue weighted by Crippen LogP contribution is -2.31. The first-order chi connectivity index (χ1) is 8.04. The van der Waals surface area contributed by atoms with Crippen LogP contribution >= 0.6 is 15.9 Å². The second-order valence-corrected chi connectivity index (χ2v) is 4.53. The van der Waals surface area contributed by atoms with Gasteiger partial charge in [-0.1, -0.05) is 15.9 Å². The van der Waals surface area contributed by atoms with Gasteiger partial charge in [0, 0.05) is 11.0 Å². The van der Waals surface area contributed by atoms with Crippen LogP contribution in [0.4, 0.5) is 0 Å². The molecule has 0 aliphatic rings. The van der Waals surface area contributed by atoms with E-state index in [1.165, 1.54) is 0 Å². The van der Waals surface area contributed by atoms with Gasteiger partial charge in [-0.2, -0.15) is 0 Å². The normalized spacial score (nSPS) is 10.1. The van der Waals surface area contributed by atoms with Crippen LogP contribution in [0.25, 0.3) is 0 Å². The summed E-state index contributed by atoms with van der Waals surface area (Å²) in [5, 5.41) is 11.1. The van der Waals surface area contributed by atoms with E-state index in [0.717, 1.165) is 15.6 Å². The molecule has 0 unspecified atom stereocenters. The minimum atomic E-state index is -0.239. The van der Waals surface area contributed by atoms with Crippen LogP contribution in [0.5, 0.6) is 5.75 Å². The zero-order valence-corrected chi connectivity index (χ0v) is 11.5. The van der Waals surface area contributed by atoms with Gasteiger partial charge in [0.25, 0.3) is 5.91 Å². The predicted molar refractivity (Wildman–Crippen MR) is 69.2 cm³/mol. The molecule has 17 heavy (non-hydrogen) atoms. The van der Waals surface area contributed by atoms with E-state index in [0.29, 0.717) is 5.75 Å². The summed E-state index contributed by atoms with van der Waals surface area (Å²) >= 11 is 3.46. The maximum atomic E-state index is 11.3. The summed E-state index contributed by atoms with van der Waals surface area (Å²) in [6, 6.07) is 3.74. The molecule has 0 fully saturated rings. The Balaban J connectivity index is 2.55. The molecule has 1 aromatic carbocycles. The number of amides is 1. The number of benzene rings is 1. The third-order valence-electron chi connectivity index (χ3n) is 2.21. The van der Waals surface area contributed by atoms with Gasteiger partial charge in [-0.3, -0.25) is 4.79 Å². The summed E-state index contributed by atoms with van der Waals surface area (Å²) in [4.78, 5) is 11.3. The fraction of sp³-hybridized carbons (Fsp3) is 0.417. The predicted octanol–water partition coefficient (Wildman–Crippen LogP) is 1.55. The number of halogens is 1. The summed E-state index contributed by atoms with van der Waals surface area (Å²) in [6.45, 7) is 4.08. The molecular weight excluding hydrogens is 286 g/mol. The molecule has 2 N–H and O–H groups in total. The second kappa shape index (κ2) is 6.61. The number of hydrogen-bond acceptors (Lipinski definition) is 3. The number of aryl methyl sites for hydroxylation is 2. The molecule has 94 valence electrons. The van der Waals surface area contributed by atoms with Crippen molar-refractivity contribution in [1.82, 2.24) is 5.32 Å². The quantitative estimate of drug-likeness (QED) is 0.867. The molecule has 0 aliphatic heterocycles. The van der Waals surface area contributed by atoms with Crippen LogP contribution in [-0.4, -0.2) is 30.8 Å². The number of carbonyl (C=O) groups excluding carboxylic acids is 1. The number of rotatable bonds is 5. The van der Waals surface area contributed by atoms with E-state index < -0.39 is 0 Å². The summed E-state index contributed by atoms with van der Waals surface area (Å²) in [7, 11) is 0. The van der Waals surface area contributed by atoms with Crippen molar-refractivity contribution in [2.75, 3.05) is 19.8 Å². The molecule has 0 atom stereocenters. The average Bonchev–Trinajstić information content (AvgIpc) is 2.30. The Morgan fingerprint density at radius 3 is 2.53 bits per heavy atom. The van der Waals surface area contributed by atoms with Crippen LogP contribution in [0.2, 0.25) is 0 Å². The Morgan fingerprint density at radius 1 is 1.41 bits per heavy atom. The Bertz CT molecular complexity index is 384. The Morgan fingerprint density at radius 2 is 2.00 bits per heavy atom. The topological polar surface area (TPSA) is 58.6 Å². The fourth-order valence-electron chi connectivity index (χ4n) is 1.38. The van der Waals surface area contributed by atoms with Gasteiger partial charge in [0.2, 0.25) is 0 Å². The maximum Gasteiger partial charge on any atom is 0.258 e. The fourth-order valence-corrected chi connectivity index (χ4v) is 1.61. The van der Waals surface area contributed by atoms with Gasteiger partial charge in [0.1, 0.15) is 5.75 Å². The van der Waals surface area contributed by atoms with Crippen molar-refractivity contribution in [3.05, 3.63) is 27.7 Å². The molecule has 0 saturated carbocycles. The molecular formula is C12H16BrNO3. The van der Waals surface area contributed by atoms with Crippen LogP contribution in [0, 0.1) is 13.8 Å². The number of nitrogens with one attached hydrogen (secondary N) is 1. The first kappa shape index (κ1) is 14.0. The SMILES string of the molecule is Cc1cc(OCC(=O)NCCO)cc(C)c1Br. The van der Waals surface area contributed by atoms with Crippen molar-refractivity contribution in [1.29, 1.82) is 0 Å². The van der Waals surface area contributed by atoms with Crippen molar-refractivity contribution in [2.24, 2.45) is 0 Å². The van der Waals surface area contributed by atoms with Gasteiger partial charge in [-0.15, -0.1) is 0 Å². The average molecular weight is 302 g/mol. The highest BCUT2D eigenvalue weighted by Crippen LogP contribution is 2.26. The standard InChI is InChI=1S/C12H16BrNO3/c1-8-5-10(6-9(2)12(8)13)17-7-11(16)14-3-4-15/h5-6,15H,3-4,7H2,1-2H3,(H,14,16). The summed E-state index contributed by atoms with van der Waals surface area (Å²) in [5.74, 6) is 0.430. The minimum Gasteiger partial charge on any atom is -0.484 e. The van der Waals surface area contributed by atoms with Crippen LogP contribution < -0.4 is 10.1 Å². The van der Waals surface area contributed by atoms with E-state index in [9.17, 15) is 4.79 Å². The minimum absolute atomic E-state index is 0.0412. The maximum absolute atomic E-state index is 11.3. The van der Waals surface area contributed by atoms with Crippen molar-refractivity contribution < 1.29 is 14.6 Å². The third-order valence-corrected chi connectivity index (χ3v) is 3.46. The lowest BCUT2D eigenvalue weighted by molar-refractivity contribution is -0.123. The zero-order valence-electron chi connectivity index (χ0n) is 9.92. The number of hydrogen-bond donors (Lipinski definition) is 2. The highest BCUT2D eigenvalue weighted by molar-refractivity contribution is 9.10. The van der Waals surface area contributed by atoms with Crippen LogP contribution in [-0.2, 0) is 4.79 Å². The Hall–Kier alpha value is -1.07. The second-order valence-electron chi connectivity index (χ2n) is 3.73. The first-order valence-electron chi connectivity index (χ1n) is 5.31. The monoisotopic (exact) mass is 301 g/mol. The van der Waals surface area contributed by atoms with Crippen molar-refractivity contribution in [3.8, 4) is 5.75 Å². The van der Waals surface area contributed by atoms with E-state index in [1.54, 1.807) is 0 Å². The van der Waals surface area contributed by atoms with Gasteiger partial charge in [0.15, 0.2) is 6.61 Å². The van der Waals surface area contributed by atoms with E-state index in [-0.39, 0.29) is 25.7 Å². The Kier molecular flexibility index (Phi) is 5.44. The zero-order chi connectivity index (χ0) is 12.8. The highest BCUT2D eigenvalue weighted by atomic mass is 79.9. The van der Waals surface area contributed by atoms with Crippen molar-refractivity contribution in [2.45, 2.75) is 13.8 Å². The van der Waals surface area contributed by atoms with E-state index in [1.807, 2.05) is 26.0 Å². The van der Waals surface area contributed by atoms with Crippen molar-refractivity contribution in [3.63, 3.8) is 0 Å². The summed E-state index contributed by atoms with van der Waals surface area (Å²) < 4.78 is 6.42. The molecule has 4 nitrogen and oxygen atoms in total. The molecule has 1 rings (SSSR count). The van der Waals surface area contributed by atoms with Gasteiger partial charge >= 0.3 is 0 Å². The van der Waals surface area contributed by atoms with Gasteiger partial charge in [0.05, 0.1) is 6.61 Å². The molecule has 0 heterocycles. The highest BCUT2D eigenvalue weighted by Gasteiger charge is 2.05. The lowest BCUT2D eigenvalue weighted by Gasteiger charge is -2.10. The molecule has 0 aromatic heterocycles. The molecule has 1 amide bonds. The third kappa shape index (κ3) is 4.36.